The lowest BCUT2D eigenvalue weighted by Crippen LogP contribution is -2.29. The van der Waals surface area contributed by atoms with Crippen molar-refractivity contribution in [3.8, 4) is 0 Å². The minimum Gasteiger partial charge on any atom is -0.456 e. The molecule has 8 heteroatoms. The van der Waals surface area contributed by atoms with Gasteiger partial charge in [-0.2, -0.15) is 0 Å². The molecule has 0 unspecified atom stereocenters. The number of carbonyl (C=O) groups excluding carboxylic acids is 2. The Balaban J connectivity index is 3.16. The fourth-order valence-electron chi connectivity index (χ4n) is 1.50. The average molecular weight is 452 g/mol. The molecule has 0 saturated heterocycles. The molecule has 23 heavy (non-hydrogen) atoms. The van der Waals surface area contributed by atoms with Crippen molar-refractivity contribution < 1.29 is 19.1 Å². The molecule has 0 fully saturated rings. The lowest BCUT2D eigenvalue weighted by atomic mass is 10.1. The van der Waals surface area contributed by atoms with E-state index in [0.717, 1.165) is 0 Å². The van der Waals surface area contributed by atoms with E-state index < -0.39 is 23.3 Å². The first-order valence-electron chi connectivity index (χ1n) is 6.88. The molecule has 0 aliphatic rings. The number of halogens is 2. The monoisotopic (exact) mass is 450 g/mol. The Labute approximate surface area is 152 Å². The van der Waals surface area contributed by atoms with Crippen LogP contribution in [0.4, 0.5) is 10.5 Å². The zero-order valence-corrected chi connectivity index (χ0v) is 17.1. The van der Waals surface area contributed by atoms with Gasteiger partial charge in [-0.25, -0.2) is 14.6 Å². The van der Waals surface area contributed by atoms with Gasteiger partial charge in [0.1, 0.15) is 20.4 Å². The van der Waals surface area contributed by atoms with Crippen molar-refractivity contribution in [2.45, 2.75) is 52.7 Å². The highest BCUT2D eigenvalue weighted by Crippen LogP contribution is 2.30. The number of esters is 1. The van der Waals surface area contributed by atoms with Gasteiger partial charge in [0.05, 0.1) is 11.3 Å². The van der Waals surface area contributed by atoms with Crippen LogP contribution in [0, 0.1) is 0 Å². The zero-order chi connectivity index (χ0) is 18.0. The van der Waals surface area contributed by atoms with E-state index in [1.165, 1.54) is 6.07 Å². The Bertz CT molecular complexity index is 619. The fourth-order valence-corrected chi connectivity index (χ4v) is 2.65. The molecule has 0 bridgehead atoms. The van der Waals surface area contributed by atoms with E-state index in [-0.39, 0.29) is 11.3 Å². The minimum atomic E-state index is -0.688. The maximum Gasteiger partial charge on any atom is 0.412 e. The normalized spacial score (nSPS) is 11.8. The first kappa shape index (κ1) is 19.9. The number of nitrogens with one attached hydrogen (secondary N) is 1. The van der Waals surface area contributed by atoms with Crippen molar-refractivity contribution in [2.24, 2.45) is 0 Å². The second-order valence-electron chi connectivity index (χ2n) is 6.79. The van der Waals surface area contributed by atoms with Crippen LogP contribution in [0.25, 0.3) is 0 Å². The molecule has 0 radical (unpaired) electrons. The highest BCUT2D eigenvalue weighted by Gasteiger charge is 2.25. The van der Waals surface area contributed by atoms with Gasteiger partial charge < -0.3 is 9.47 Å². The van der Waals surface area contributed by atoms with E-state index in [0.29, 0.717) is 9.21 Å². The van der Waals surface area contributed by atoms with Gasteiger partial charge in [0.25, 0.3) is 0 Å². The van der Waals surface area contributed by atoms with E-state index in [2.05, 4.69) is 42.2 Å². The number of hydrogen-bond acceptors (Lipinski definition) is 5. The summed E-state index contributed by atoms with van der Waals surface area (Å²) in [6.07, 6.45) is -0.688. The molecular weight excluding hydrogens is 432 g/mol. The van der Waals surface area contributed by atoms with E-state index in [4.69, 9.17) is 9.47 Å². The molecule has 1 heterocycles. The summed E-state index contributed by atoms with van der Waals surface area (Å²) in [5, 5.41) is 2.54. The fraction of sp³-hybridized carbons (Fsp3) is 0.533. The summed E-state index contributed by atoms with van der Waals surface area (Å²) in [4.78, 5) is 28.5. The summed E-state index contributed by atoms with van der Waals surface area (Å²) in [6.45, 7) is 10.5. The van der Waals surface area contributed by atoms with Crippen molar-refractivity contribution >= 4 is 49.6 Å². The molecule has 1 aromatic rings. The number of rotatable bonds is 2. The van der Waals surface area contributed by atoms with Crippen LogP contribution in [0.3, 0.4) is 0 Å². The number of hydrogen-bond donors (Lipinski definition) is 1. The number of aromatic nitrogens is 1. The highest BCUT2D eigenvalue weighted by molar-refractivity contribution is 9.11. The molecule has 0 aliphatic heterocycles. The standard InChI is InChI=1S/C15H20Br2N2O4/c1-14(2,3)22-12(20)8-7-9(16)18-11(17)10(8)19-13(21)23-15(4,5)6/h7H,1-6H3,(H,19,21). The Morgan fingerprint density at radius 1 is 1.04 bits per heavy atom. The summed E-state index contributed by atoms with van der Waals surface area (Å²) >= 11 is 6.45. The summed E-state index contributed by atoms with van der Waals surface area (Å²) in [5.41, 5.74) is -0.968. The molecule has 128 valence electrons. The number of pyridine rings is 1. The number of anilines is 1. The summed E-state index contributed by atoms with van der Waals surface area (Å²) < 4.78 is 11.3. The first-order valence-corrected chi connectivity index (χ1v) is 8.46. The van der Waals surface area contributed by atoms with Gasteiger partial charge in [0.15, 0.2) is 0 Å². The molecule has 1 amide bonds. The molecule has 0 saturated carbocycles. The van der Waals surface area contributed by atoms with Gasteiger partial charge in [-0.1, -0.05) is 0 Å². The molecule has 1 rings (SSSR count). The maximum absolute atomic E-state index is 12.4. The topological polar surface area (TPSA) is 77.5 Å². The first-order chi connectivity index (χ1) is 10.3. The Morgan fingerprint density at radius 2 is 1.57 bits per heavy atom. The van der Waals surface area contributed by atoms with Gasteiger partial charge in [-0.15, -0.1) is 0 Å². The minimum absolute atomic E-state index is 0.166. The van der Waals surface area contributed by atoms with Crippen LogP contribution in [-0.4, -0.2) is 28.2 Å². The van der Waals surface area contributed by atoms with Crippen molar-refractivity contribution in [3.63, 3.8) is 0 Å². The predicted molar refractivity (Wildman–Crippen MR) is 94.7 cm³/mol. The third-order valence-electron chi connectivity index (χ3n) is 2.19. The quantitative estimate of drug-likeness (QED) is 0.510. The van der Waals surface area contributed by atoms with Gasteiger partial charge in [0.2, 0.25) is 0 Å². The lowest BCUT2D eigenvalue weighted by molar-refractivity contribution is 0.00705. The molecule has 6 nitrogen and oxygen atoms in total. The molecule has 0 atom stereocenters. The average Bonchev–Trinajstić information content (AvgIpc) is 2.27. The van der Waals surface area contributed by atoms with Crippen molar-refractivity contribution in [3.05, 3.63) is 20.8 Å². The third kappa shape index (κ3) is 6.87. The van der Waals surface area contributed by atoms with Crippen molar-refractivity contribution in [1.82, 2.24) is 4.98 Å². The lowest BCUT2D eigenvalue weighted by Gasteiger charge is -2.22. The van der Waals surface area contributed by atoms with Crippen LogP contribution in [0.5, 0.6) is 0 Å². The zero-order valence-electron chi connectivity index (χ0n) is 13.9. The van der Waals surface area contributed by atoms with Crippen LogP contribution in [0.1, 0.15) is 51.9 Å². The van der Waals surface area contributed by atoms with E-state index in [1.54, 1.807) is 41.5 Å². The smallest absolute Gasteiger partial charge is 0.412 e. The van der Waals surface area contributed by atoms with E-state index >= 15 is 0 Å². The van der Waals surface area contributed by atoms with Gasteiger partial charge in [-0.3, -0.25) is 5.32 Å². The summed E-state index contributed by atoms with van der Waals surface area (Å²) in [5.74, 6) is -0.577. The van der Waals surface area contributed by atoms with Crippen LogP contribution in [0.15, 0.2) is 15.3 Å². The second kappa shape index (κ2) is 7.17. The molecule has 0 aliphatic carbocycles. The highest BCUT2D eigenvalue weighted by atomic mass is 79.9. The number of nitrogens with zero attached hydrogens (tertiary/aromatic N) is 1. The molecule has 1 N–H and O–H groups in total. The second-order valence-corrected chi connectivity index (χ2v) is 8.35. The van der Waals surface area contributed by atoms with E-state index in [9.17, 15) is 9.59 Å². The Kier molecular flexibility index (Phi) is 6.20. The largest absolute Gasteiger partial charge is 0.456 e. The van der Waals surface area contributed by atoms with Crippen LogP contribution in [0.2, 0.25) is 0 Å². The Hall–Kier alpha value is -1.15. The summed E-state index contributed by atoms with van der Waals surface area (Å²) in [6, 6.07) is 1.48. The molecule has 0 spiro atoms. The third-order valence-corrected chi connectivity index (χ3v) is 3.17. The molecular formula is C15H20Br2N2O4. The maximum atomic E-state index is 12.4. The van der Waals surface area contributed by atoms with Crippen LogP contribution in [-0.2, 0) is 9.47 Å². The van der Waals surface area contributed by atoms with Crippen LogP contribution >= 0.6 is 31.9 Å². The number of carbonyl (C=O) groups is 2. The number of amides is 1. The van der Waals surface area contributed by atoms with E-state index in [1.807, 2.05) is 0 Å². The van der Waals surface area contributed by atoms with Crippen LogP contribution < -0.4 is 5.32 Å². The van der Waals surface area contributed by atoms with Gasteiger partial charge in [0, 0.05) is 0 Å². The predicted octanol–water partition coefficient (Wildman–Crippen LogP) is 4.91. The van der Waals surface area contributed by atoms with Gasteiger partial charge >= 0.3 is 12.1 Å². The SMILES string of the molecule is CC(C)(C)OC(=O)Nc1c(C(=O)OC(C)(C)C)cc(Br)nc1Br. The molecule has 1 aromatic heterocycles. The van der Waals surface area contributed by atoms with Crippen molar-refractivity contribution in [2.75, 3.05) is 5.32 Å². The van der Waals surface area contributed by atoms with Gasteiger partial charge in [-0.05, 0) is 79.5 Å². The van der Waals surface area contributed by atoms with Crippen molar-refractivity contribution in [1.29, 1.82) is 0 Å². The number of ether oxygens (including phenoxy) is 2. The molecule has 0 aromatic carbocycles. The summed E-state index contributed by atoms with van der Waals surface area (Å²) in [7, 11) is 0. The Morgan fingerprint density at radius 3 is 2.04 bits per heavy atom.